The number of hydrogen-bond acceptors (Lipinski definition) is 5. The number of nitrogens with one attached hydrogen (secondary N) is 1. The Morgan fingerprint density at radius 2 is 1.71 bits per heavy atom. The molecule has 0 radical (unpaired) electrons. The van der Waals surface area contributed by atoms with Gasteiger partial charge in [-0.05, 0) is 54.3 Å². The van der Waals surface area contributed by atoms with Crippen LogP contribution in [0, 0.1) is 18.3 Å². The average Bonchev–Trinajstić information content (AvgIpc) is 3.31. The number of amides is 2. The van der Waals surface area contributed by atoms with Crippen LogP contribution in [-0.2, 0) is 9.59 Å². The smallest absolute Gasteiger partial charge is 0.282 e. The minimum absolute atomic E-state index is 0.256. The number of hydrogen-bond donors (Lipinski definition) is 1. The molecule has 3 aromatic rings. The fraction of sp³-hybridized carbons (Fsp3) is 0.0455. The first-order valence-corrected chi connectivity index (χ1v) is 9.48. The second-order valence-corrected chi connectivity index (χ2v) is 7.22. The van der Waals surface area contributed by atoms with Crippen molar-refractivity contribution in [1.82, 2.24) is 0 Å². The summed E-state index contributed by atoms with van der Waals surface area (Å²) in [6, 6.07) is 19.7. The molecule has 28 heavy (non-hydrogen) atoms. The summed E-state index contributed by atoms with van der Waals surface area (Å²) in [5.74, 6) is -0.797. The zero-order valence-electron chi connectivity index (χ0n) is 15.0. The van der Waals surface area contributed by atoms with Crippen LogP contribution in [0.4, 0.5) is 11.4 Å². The summed E-state index contributed by atoms with van der Waals surface area (Å²) in [5, 5.41) is 14.0. The number of anilines is 2. The van der Waals surface area contributed by atoms with E-state index in [1.807, 2.05) is 54.8 Å². The van der Waals surface area contributed by atoms with E-state index < -0.39 is 5.91 Å². The molecule has 2 aromatic carbocycles. The van der Waals surface area contributed by atoms with Crippen molar-refractivity contribution in [2.75, 3.05) is 10.2 Å². The van der Waals surface area contributed by atoms with Crippen molar-refractivity contribution in [1.29, 1.82) is 5.26 Å². The van der Waals surface area contributed by atoms with E-state index in [1.165, 1.54) is 11.3 Å². The summed E-state index contributed by atoms with van der Waals surface area (Å²) < 4.78 is 0. The van der Waals surface area contributed by atoms with Crippen molar-refractivity contribution >= 4 is 40.1 Å². The Balaban J connectivity index is 1.80. The molecule has 0 spiro atoms. The lowest BCUT2D eigenvalue weighted by molar-refractivity contribution is -0.120. The SMILES string of the molecule is Cc1ccccc1NC1=C(c2cccs2)C(=O)N(c2ccc(C#N)cc2)C1=O. The van der Waals surface area contributed by atoms with Crippen molar-refractivity contribution in [3.8, 4) is 6.07 Å². The van der Waals surface area contributed by atoms with Crippen molar-refractivity contribution in [3.63, 3.8) is 0 Å². The lowest BCUT2D eigenvalue weighted by Crippen LogP contribution is -2.32. The molecule has 6 heteroatoms. The summed E-state index contributed by atoms with van der Waals surface area (Å²) in [7, 11) is 0. The lowest BCUT2D eigenvalue weighted by atomic mass is 10.1. The Hall–Kier alpha value is -3.69. The maximum atomic E-state index is 13.2. The molecule has 136 valence electrons. The summed E-state index contributed by atoms with van der Waals surface area (Å²) >= 11 is 1.41. The molecular weight excluding hydrogens is 370 g/mol. The van der Waals surface area contributed by atoms with Gasteiger partial charge in [-0.25, -0.2) is 4.90 Å². The Bertz CT molecular complexity index is 1140. The van der Waals surface area contributed by atoms with Gasteiger partial charge in [0.05, 0.1) is 22.9 Å². The second-order valence-electron chi connectivity index (χ2n) is 6.27. The number of benzene rings is 2. The number of thiophene rings is 1. The van der Waals surface area contributed by atoms with E-state index in [2.05, 4.69) is 5.32 Å². The molecule has 1 aliphatic heterocycles. The zero-order valence-corrected chi connectivity index (χ0v) is 15.8. The highest BCUT2D eigenvalue weighted by atomic mass is 32.1. The van der Waals surface area contributed by atoms with E-state index in [0.717, 1.165) is 21.0 Å². The van der Waals surface area contributed by atoms with E-state index in [9.17, 15) is 9.59 Å². The van der Waals surface area contributed by atoms with Crippen molar-refractivity contribution in [2.24, 2.45) is 0 Å². The molecule has 5 nitrogen and oxygen atoms in total. The third-order valence-electron chi connectivity index (χ3n) is 4.51. The Labute approximate surface area is 166 Å². The van der Waals surface area contributed by atoms with E-state index in [-0.39, 0.29) is 11.6 Å². The normalized spacial score (nSPS) is 13.8. The monoisotopic (exact) mass is 385 g/mol. The molecule has 4 rings (SSSR count). The predicted octanol–water partition coefficient (Wildman–Crippen LogP) is 4.32. The predicted molar refractivity (Wildman–Crippen MR) is 110 cm³/mol. The van der Waals surface area contributed by atoms with E-state index in [0.29, 0.717) is 16.8 Å². The van der Waals surface area contributed by atoms with Crippen LogP contribution in [0.15, 0.2) is 71.7 Å². The number of imide groups is 1. The molecule has 1 aromatic heterocycles. The molecule has 0 unspecified atom stereocenters. The van der Waals surface area contributed by atoms with Gasteiger partial charge < -0.3 is 5.32 Å². The molecule has 2 amide bonds. The quantitative estimate of drug-likeness (QED) is 0.679. The number of nitriles is 1. The van der Waals surface area contributed by atoms with Gasteiger partial charge in [0.2, 0.25) is 0 Å². The summed E-state index contributed by atoms with van der Waals surface area (Å²) in [4.78, 5) is 28.3. The first-order valence-electron chi connectivity index (χ1n) is 8.60. The largest absolute Gasteiger partial charge is 0.350 e. The minimum Gasteiger partial charge on any atom is -0.350 e. The summed E-state index contributed by atoms with van der Waals surface area (Å²) in [6.07, 6.45) is 0. The van der Waals surface area contributed by atoms with Gasteiger partial charge in [0.25, 0.3) is 11.8 Å². The van der Waals surface area contributed by atoms with E-state index in [1.54, 1.807) is 24.3 Å². The van der Waals surface area contributed by atoms with Gasteiger partial charge in [0, 0.05) is 10.6 Å². The summed E-state index contributed by atoms with van der Waals surface area (Å²) in [6.45, 7) is 1.94. The first-order chi connectivity index (χ1) is 13.6. The van der Waals surface area contributed by atoms with Crippen LogP contribution in [0.2, 0.25) is 0 Å². The fourth-order valence-corrected chi connectivity index (χ4v) is 3.83. The number of aryl methyl sites for hydroxylation is 1. The van der Waals surface area contributed by atoms with Gasteiger partial charge >= 0.3 is 0 Å². The maximum Gasteiger partial charge on any atom is 0.282 e. The minimum atomic E-state index is -0.415. The molecule has 1 aliphatic rings. The fourth-order valence-electron chi connectivity index (χ4n) is 3.06. The standard InChI is InChI=1S/C22H15N3O2S/c1-14-5-2-3-6-17(14)24-20-19(18-7-4-12-28-18)21(26)25(22(20)27)16-10-8-15(13-23)9-11-16/h2-12,24H,1H3. The van der Waals surface area contributed by atoms with E-state index in [4.69, 9.17) is 5.26 Å². The van der Waals surface area contributed by atoms with Crippen molar-refractivity contribution < 1.29 is 9.59 Å². The third kappa shape index (κ3) is 2.98. The number of carbonyl (C=O) groups is 2. The average molecular weight is 385 g/mol. The highest BCUT2D eigenvalue weighted by Gasteiger charge is 2.40. The molecule has 2 heterocycles. The number of para-hydroxylation sites is 1. The van der Waals surface area contributed by atoms with Gasteiger partial charge in [0.15, 0.2) is 0 Å². The van der Waals surface area contributed by atoms with Crippen LogP contribution in [0.3, 0.4) is 0 Å². The number of nitrogens with zero attached hydrogens (tertiary/aromatic N) is 2. The topological polar surface area (TPSA) is 73.2 Å². The molecule has 1 N–H and O–H groups in total. The highest BCUT2D eigenvalue weighted by molar-refractivity contribution is 7.11. The van der Waals surface area contributed by atoms with Crippen LogP contribution < -0.4 is 10.2 Å². The third-order valence-corrected chi connectivity index (χ3v) is 5.40. The van der Waals surface area contributed by atoms with Crippen LogP contribution in [0.1, 0.15) is 16.0 Å². The maximum absolute atomic E-state index is 13.2. The Kier molecular flexibility index (Phi) is 4.52. The molecule has 0 fully saturated rings. The van der Waals surface area contributed by atoms with Crippen molar-refractivity contribution in [2.45, 2.75) is 6.92 Å². The van der Waals surface area contributed by atoms with Crippen LogP contribution in [-0.4, -0.2) is 11.8 Å². The van der Waals surface area contributed by atoms with Gasteiger partial charge in [0.1, 0.15) is 5.70 Å². The van der Waals surface area contributed by atoms with Crippen molar-refractivity contribution in [3.05, 3.63) is 87.7 Å². The first kappa shape index (κ1) is 17.7. The molecule has 0 bridgehead atoms. The molecule has 0 atom stereocenters. The number of rotatable bonds is 4. The molecule has 0 aliphatic carbocycles. The number of carbonyl (C=O) groups excluding carboxylic acids is 2. The highest BCUT2D eigenvalue weighted by Crippen LogP contribution is 2.35. The van der Waals surface area contributed by atoms with Gasteiger partial charge in [-0.1, -0.05) is 24.3 Å². The molecular formula is C22H15N3O2S. The Morgan fingerprint density at radius 1 is 0.964 bits per heavy atom. The van der Waals surface area contributed by atoms with E-state index >= 15 is 0 Å². The zero-order chi connectivity index (χ0) is 19.7. The second kappa shape index (κ2) is 7.14. The molecule has 0 saturated heterocycles. The molecule has 0 saturated carbocycles. The Morgan fingerprint density at radius 3 is 2.36 bits per heavy atom. The lowest BCUT2D eigenvalue weighted by Gasteiger charge is -2.15. The van der Waals surface area contributed by atoms with Gasteiger partial charge in [-0.15, -0.1) is 11.3 Å². The summed E-state index contributed by atoms with van der Waals surface area (Å²) in [5.41, 5.74) is 3.25. The van der Waals surface area contributed by atoms with Crippen LogP contribution in [0.25, 0.3) is 5.57 Å². The van der Waals surface area contributed by atoms with Crippen LogP contribution >= 0.6 is 11.3 Å². The van der Waals surface area contributed by atoms with Gasteiger partial charge in [-0.2, -0.15) is 5.26 Å². The van der Waals surface area contributed by atoms with Gasteiger partial charge in [-0.3, -0.25) is 9.59 Å². The van der Waals surface area contributed by atoms with Crippen LogP contribution in [0.5, 0.6) is 0 Å².